The monoisotopic (exact) mass is 511 g/mol. The highest BCUT2D eigenvalue weighted by atomic mass is 127. The number of aliphatic imine (C=N–C) groups is 1. The van der Waals surface area contributed by atoms with Gasteiger partial charge in [-0.3, -0.25) is 0 Å². The lowest BCUT2D eigenvalue weighted by molar-refractivity contribution is 0.392. The average molecular weight is 511 g/mol. The maximum atomic E-state index is 9.43. The van der Waals surface area contributed by atoms with Gasteiger partial charge in [-0.25, -0.2) is 4.99 Å². The summed E-state index contributed by atoms with van der Waals surface area (Å²) in [5.74, 6) is 3.24. The van der Waals surface area contributed by atoms with Crippen molar-refractivity contribution in [3.05, 3.63) is 53.6 Å². The van der Waals surface area contributed by atoms with Gasteiger partial charge >= 0.3 is 0 Å². The standard InChI is InChI=1S/C22H29N3O3.HI/c1-4-23-22(24-14-16-5-7-19(26)8-6-16)25-10-9-17(15-25)18-11-20(27-2)13-21(12-18)28-3;/h5-8,11-13,17,26H,4,9-10,14-15H2,1-3H3,(H,23,24);1H. The van der Waals surface area contributed by atoms with E-state index in [1.54, 1.807) is 26.4 Å². The lowest BCUT2D eigenvalue weighted by atomic mass is 9.98. The minimum Gasteiger partial charge on any atom is -0.508 e. The molecule has 0 bridgehead atoms. The first-order chi connectivity index (χ1) is 13.6. The van der Waals surface area contributed by atoms with Crippen molar-refractivity contribution in [2.24, 2.45) is 4.99 Å². The first-order valence-corrected chi connectivity index (χ1v) is 9.67. The number of nitrogens with zero attached hydrogens (tertiary/aromatic N) is 2. The number of ether oxygens (including phenoxy) is 2. The molecule has 1 heterocycles. The number of hydrogen-bond donors (Lipinski definition) is 2. The molecular formula is C22H30IN3O3. The summed E-state index contributed by atoms with van der Waals surface area (Å²) >= 11 is 0. The van der Waals surface area contributed by atoms with Crippen molar-refractivity contribution < 1.29 is 14.6 Å². The lowest BCUT2D eigenvalue weighted by Gasteiger charge is -2.22. The van der Waals surface area contributed by atoms with E-state index in [0.29, 0.717) is 12.5 Å². The maximum absolute atomic E-state index is 9.43. The Morgan fingerprint density at radius 3 is 2.38 bits per heavy atom. The third kappa shape index (κ3) is 6.16. The van der Waals surface area contributed by atoms with Gasteiger partial charge < -0.3 is 24.8 Å². The Morgan fingerprint density at radius 1 is 1.14 bits per heavy atom. The molecule has 0 amide bonds. The van der Waals surface area contributed by atoms with Crippen LogP contribution in [-0.2, 0) is 6.54 Å². The van der Waals surface area contributed by atoms with E-state index in [1.807, 2.05) is 18.2 Å². The smallest absolute Gasteiger partial charge is 0.194 e. The van der Waals surface area contributed by atoms with Gasteiger partial charge in [-0.2, -0.15) is 0 Å². The van der Waals surface area contributed by atoms with Crippen LogP contribution in [0, 0.1) is 0 Å². The van der Waals surface area contributed by atoms with Crippen LogP contribution >= 0.6 is 24.0 Å². The number of methoxy groups -OCH3 is 2. The van der Waals surface area contributed by atoms with Crippen LogP contribution in [0.2, 0.25) is 0 Å². The van der Waals surface area contributed by atoms with Crippen molar-refractivity contribution in [2.45, 2.75) is 25.8 Å². The first kappa shape index (κ1) is 23.1. The molecule has 2 aromatic carbocycles. The molecule has 1 unspecified atom stereocenters. The summed E-state index contributed by atoms with van der Waals surface area (Å²) in [6, 6.07) is 13.3. The number of guanidine groups is 1. The Balaban J connectivity index is 0.00000300. The Bertz CT molecular complexity index is 789. The molecule has 0 radical (unpaired) electrons. The van der Waals surface area contributed by atoms with Gasteiger partial charge in [-0.15, -0.1) is 24.0 Å². The molecule has 2 N–H and O–H groups in total. The van der Waals surface area contributed by atoms with Gasteiger partial charge in [-0.05, 0) is 48.7 Å². The van der Waals surface area contributed by atoms with Crippen LogP contribution in [0.4, 0.5) is 0 Å². The number of phenols is 1. The third-order valence-corrected chi connectivity index (χ3v) is 5.02. The minimum atomic E-state index is 0. The van der Waals surface area contributed by atoms with Crippen LogP contribution in [0.5, 0.6) is 17.2 Å². The summed E-state index contributed by atoms with van der Waals surface area (Å²) in [5.41, 5.74) is 2.30. The minimum absolute atomic E-state index is 0. The second-order valence-electron chi connectivity index (χ2n) is 6.91. The SMILES string of the molecule is CCNC(=NCc1ccc(O)cc1)N1CCC(c2cc(OC)cc(OC)c2)C1.I. The number of nitrogens with one attached hydrogen (secondary N) is 1. The van der Waals surface area contributed by atoms with Crippen LogP contribution in [-0.4, -0.2) is 49.8 Å². The summed E-state index contributed by atoms with van der Waals surface area (Å²) in [4.78, 5) is 7.10. The number of aromatic hydroxyl groups is 1. The second kappa shape index (κ2) is 11.1. The van der Waals surface area contributed by atoms with E-state index < -0.39 is 0 Å². The molecule has 1 aliphatic heterocycles. The van der Waals surface area contributed by atoms with Crippen LogP contribution in [0.15, 0.2) is 47.5 Å². The number of benzene rings is 2. The zero-order valence-electron chi connectivity index (χ0n) is 17.2. The zero-order valence-corrected chi connectivity index (χ0v) is 19.6. The van der Waals surface area contributed by atoms with Gasteiger partial charge in [0.2, 0.25) is 0 Å². The van der Waals surface area contributed by atoms with Crippen LogP contribution in [0.1, 0.15) is 30.4 Å². The van der Waals surface area contributed by atoms with E-state index in [1.165, 1.54) is 5.56 Å². The molecule has 1 saturated heterocycles. The molecule has 7 heteroatoms. The number of rotatable bonds is 6. The summed E-state index contributed by atoms with van der Waals surface area (Å²) in [6.07, 6.45) is 1.06. The summed E-state index contributed by atoms with van der Waals surface area (Å²) in [6.45, 7) is 5.33. The predicted octanol–water partition coefficient (Wildman–Crippen LogP) is 3.98. The average Bonchev–Trinajstić information content (AvgIpc) is 3.22. The molecule has 2 aromatic rings. The fraction of sp³-hybridized carbons (Fsp3) is 0.409. The predicted molar refractivity (Wildman–Crippen MR) is 127 cm³/mol. The Kier molecular flexibility index (Phi) is 8.88. The molecule has 0 spiro atoms. The van der Waals surface area contributed by atoms with Gasteiger partial charge in [0.15, 0.2) is 5.96 Å². The van der Waals surface area contributed by atoms with Crippen molar-refractivity contribution in [3.63, 3.8) is 0 Å². The first-order valence-electron chi connectivity index (χ1n) is 9.67. The highest BCUT2D eigenvalue weighted by Crippen LogP contribution is 2.33. The van der Waals surface area contributed by atoms with E-state index >= 15 is 0 Å². The number of phenolic OH excluding ortho intramolecular Hbond substituents is 1. The van der Waals surface area contributed by atoms with Gasteiger partial charge in [-0.1, -0.05) is 12.1 Å². The van der Waals surface area contributed by atoms with Crippen molar-refractivity contribution in [1.29, 1.82) is 0 Å². The summed E-state index contributed by atoms with van der Waals surface area (Å²) < 4.78 is 10.8. The molecule has 0 saturated carbocycles. The van der Waals surface area contributed by atoms with Gasteiger partial charge in [0.1, 0.15) is 17.2 Å². The number of hydrogen-bond acceptors (Lipinski definition) is 4. The van der Waals surface area contributed by atoms with E-state index in [0.717, 1.165) is 49.1 Å². The Hall–Kier alpha value is -2.16. The highest BCUT2D eigenvalue weighted by Gasteiger charge is 2.27. The molecule has 1 fully saturated rings. The molecule has 1 atom stereocenters. The zero-order chi connectivity index (χ0) is 19.9. The van der Waals surface area contributed by atoms with E-state index in [4.69, 9.17) is 14.5 Å². The number of likely N-dealkylation sites (tertiary alicyclic amines) is 1. The van der Waals surface area contributed by atoms with Crippen LogP contribution < -0.4 is 14.8 Å². The van der Waals surface area contributed by atoms with E-state index in [2.05, 4.69) is 29.3 Å². The normalized spacial score (nSPS) is 16.3. The van der Waals surface area contributed by atoms with Crippen molar-refractivity contribution in [1.82, 2.24) is 10.2 Å². The molecule has 158 valence electrons. The quantitative estimate of drug-likeness (QED) is 0.349. The third-order valence-electron chi connectivity index (χ3n) is 5.02. The highest BCUT2D eigenvalue weighted by molar-refractivity contribution is 14.0. The van der Waals surface area contributed by atoms with Crippen LogP contribution in [0.3, 0.4) is 0 Å². The summed E-state index contributed by atoms with van der Waals surface area (Å²) in [5, 5.41) is 12.8. The largest absolute Gasteiger partial charge is 0.508 e. The molecule has 0 aliphatic carbocycles. The second-order valence-corrected chi connectivity index (χ2v) is 6.91. The maximum Gasteiger partial charge on any atom is 0.194 e. The fourth-order valence-electron chi connectivity index (χ4n) is 3.48. The van der Waals surface area contributed by atoms with Gasteiger partial charge in [0.25, 0.3) is 0 Å². The summed E-state index contributed by atoms with van der Waals surface area (Å²) in [7, 11) is 3.36. The van der Waals surface area contributed by atoms with Gasteiger partial charge in [0, 0.05) is 31.6 Å². The molecule has 6 nitrogen and oxygen atoms in total. The van der Waals surface area contributed by atoms with Crippen LogP contribution in [0.25, 0.3) is 0 Å². The number of halogens is 1. The van der Waals surface area contributed by atoms with E-state index in [-0.39, 0.29) is 29.7 Å². The fourth-order valence-corrected chi connectivity index (χ4v) is 3.48. The van der Waals surface area contributed by atoms with E-state index in [9.17, 15) is 5.11 Å². The Morgan fingerprint density at radius 2 is 1.79 bits per heavy atom. The van der Waals surface area contributed by atoms with Crippen molar-refractivity contribution in [2.75, 3.05) is 33.9 Å². The molecule has 29 heavy (non-hydrogen) atoms. The topological polar surface area (TPSA) is 66.3 Å². The van der Waals surface area contributed by atoms with Crippen molar-refractivity contribution >= 4 is 29.9 Å². The van der Waals surface area contributed by atoms with Gasteiger partial charge in [0.05, 0.1) is 20.8 Å². The lowest BCUT2D eigenvalue weighted by Crippen LogP contribution is -2.40. The Labute approximate surface area is 190 Å². The molecule has 3 rings (SSSR count). The molecule has 0 aromatic heterocycles. The van der Waals surface area contributed by atoms with Crippen molar-refractivity contribution in [3.8, 4) is 17.2 Å². The molecule has 1 aliphatic rings. The molecular weight excluding hydrogens is 481 g/mol.